The summed E-state index contributed by atoms with van der Waals surface area (Å²) in [6, 6.07) is 2.23. The molecule has 23 heavy (non-hydrogen) atoms. The fourth-order valence-electron chi connectivity index (χ4n) is 3.12. The zero-order chi connectivity index (χ0) is 16.2. The van der Waals surface area contributed by atoms with Crippen molar-refractivity contribution in [3.05, 3.63) is 33.0 Å². The van der Waals surface area contributed by atoms with Crippen LogP contribution < -0.4 is 10.2 Å². The molecule has 0 radical (unpaired) electrons. The van der Waals surface area contributed by atoms with Gasteiger partial charge in [-0.3, -0.25) is 9.59 Å². The number of carbonyl (C=O) groups excluding carboxylic acids is 1. The Morgan fingerprint density at radius 3 is 2.87 bits per heavy atom. The number of aromatic nitrogens is 3. The Labute approximate surface area is 139 Å². The van der Waals surface area contributed by atoms with Crippen LogP contribution in [0.1, 0.15) is 50.3 Å². The van der Waals surface area contributed by atoms with Gasteiger partial charge in [-0.05, 0) is 19.8 Å². The Bertz CT molecular complexity index is 725. The molecule has 2 heterocycles. The normalized spacial score (nSPS) is 15.7. The summed E-state index contributed by atoms with van der Waals surface area (Å²) in [6.45, 7) is 2.30. The number of hydrogen-bond donors (Lipinski definition) is 1. The molecular weight excluding hydrogens is 312 g/mol. The summed E-state index contributed by atoms with van der Waals surface area (Å²) in [5, 5.41) is 9.14. The number of nitrogens with one attached hydrogen (secondary N) is 1. The van der Waals surface area contributed by atoms with E-state index < -0.39 is 0 Å². The lowest BCUT2D eigenvalue weighted by atomic mass is 9.96. The number of amides is 1. The van der Waals surface area contributed by atoms with Crippen LogP contribution in [-0.2, 0) is 11.3 Å². The van der Waals surface area contributed by atoms with E-state index in [1.165, 1.54) is 30.6 Å². The molecule has 0 spiro atoms. The van der Waals surface area contributed by atoms with Gasteiger partial charge in [0.15, 0.2) is 0 Å². The summed E-state index contributed by atoms with van der Waals surface area (Å²) in [7, 11) is 0. The molecule has 0 saturated heterocycles. The molecule has 0 aliphatic heterocycles. The van der Waals surface area contributed by atoms with E-state index in [0.29, 0.717) is 12.6 Å². The van der Waals surface area contributed by atoms with Gasteiger partial charge in [0.25, 0.3) is 0 Å². The van der Waals surface area contributed by atoms with Crippen LogP contribution >= 0.6 is 11.3 Å². The first kappa shape index (κ1) is 16.0. The quantitative estimate of drug-likeness (QED) is 0.914. The highest BCUT2D eigenvalue weighted by molar-refractivity contribution is 7.07. The summed E-state index contributed by atoms with van der Waals surface area (Å²) in [5.41, 5.74) is 0.903. The maximum Gasteiger partial charge on any atom is 0.307 e. The molecule has 2 aromatic heterocycles. The van der Waals surface area contributed by atoms with Gasteiger partial charge in [-0.1, -0.05) is 30.6 Å². The number of aryl methyl sites for hydroxylation is 1. The predicted octanol–water partition coefficient (Wildman–Crippen LogP) is 2.95. The Balaban J connectivity index is 1.60. The number of thiazole rings is 1. The van der Waals surface area contributed by atoms with E-state index in [4.69, 9.17) is 0 Å². The molecule has 0 unspecified atom stereocenters. The first-order chi connectivity index (χ1) is 11.1. The van der Waals surface area contributed by atoms with Crippen LogP contribution in [0.5, 0.6) is 0 Å². The summed E-state index contributed by atoms with van der Waals surface area (Å²) in [4.78, 5) is 23.9. The molecular formula is C16H22N4O2S. The van der Waals surface area contributed by atoms with Gasteiger partial charge in [0.1, 0.15) is 5.82 Å². The van der Waals surface area contributed by atoms with Crippen molar-refractivity contribution in [2.24, 2.45) is 0 Å². The van der Waals surface area contributed by atoms with E-state index >= 15 is 0 Å². The molecule has 0 atom stereocenters. The third-order valence-corrected chi connectivity index (χ3v) is 5.28. The average Bonchev–Trinajstić information content (AvgIpc) is 3.13. The predicted molar refractivity (Wildman–Crippen MR) is 90.9 cm³/mol. The molecule has 1 N–H and O–H groups in total. The first-order valence-corrected chi connectivity index (χ1v) is 9.01. The Hall–Kier alpha value is -1.89. The summed E-state index contributed by atoms with van der Waals surface area (Å²) >= 11 is 1.17. The lowest BCUT2D eigenvalue weighted by molar-refractivity contribution is -0.116. The van der Waals surface area contributed by atoms with Gasteiger partial charge < -0.3 is 9.88 Å². The van der Waals surface area contributed by atoms with E-state index in [-0.39, 0.29) is 17.2 Å². The second-order valence-corrected chi connectivity index (χ2v) is 6.87. The van der Waals surface area contributed by atoms with Crippen molar-refractivity contribution in [1.29, 1.82) is 0 Å². The fraction of sp³-hybridized carbons (Fsp3) is 0.562. The second kappa shape index (κ2) is 7.12. The largest absolute Gasteiger partial charge is 0.311 e. The second-order valence-electron chi connectivity index (χ2n) is 6.05. The van der Waals surface area contributed by atoms with Crippen molar-refractivity contribution in [3.63, 3.8) is 0 Å². The summed E-state index contributed by atoms with van der Waals surface area (Å²) < 4.78 is 3.59. The van der Waals surface area contributed by atoms with Crippen LogP contribution in [-0.4, -0.2) is 20.3 Å². The van der Waals surface area contributed by atoms with Crippen LogP contribution in [0.4, 0.5) is 5.82 Å². The summed E-state index contributed by atoms with van der Waals surface area (Å²) in [6.07, 6.45) is 7.98. The molecule has 1 amide bonds. The van der Waals surface area contributed by atoms with Crippen LogP contribution in [0, 0.1) is 6.92 Å². The van der Waals surface area contributed by atoms with Crippen molar-refractivity contribution >= 4 is 23.1 Å². The van der Waals surface area contributed by atoms with Gasteiger partial charge in [0, 0.05) is 30.1 Å². The third kappa shape index (κ3) is 3.72. The highest BCUT2D eigenvalue weighted by Gasteiger charge is 2.19. The molecule has 6 nitrogen and oxygen atoms in total. The lowest BCUT2D eigenvalue weighted by Gasteiger charge is -2.23. The fourth-order valence-corrected chi connectivity index (χ4v) is 3.88. The molecule has 0 aromatic carbocycles. The first-order valence-electron chi connectivity index (χ1n) is 8.13. The van der Waals surface area contributed by atoms with Crippen molar-refractivity contribution in [1.82, 2.24) is 14.3 Å². The van der Waals surface area contributed by atoms with Gasteiger partial charge in [-0.25, -0.2) is 4.68 Å². The van der Waals surface area contributed by atoms with Crippen molar-refractivity contribution < 1.29 is 4.79 Å². The van der Waals surface area contributed by atoms with Crippen LogP contribution in [0.3, 0.4) is 0 Å². The average molecular weight is 334 g/mol. The maximum absolute atomic E-state index is 12.2. The highest BCUT2D eigenvalue weighted by atomic mass is 32.1. The van der Waals surface area contributed by atoms with Crippen LogP contribution in [0.15, 0.2) is 22.4 Å². The standard InChI is InChI=1S/C16H22N4O2S/c1-12-11-23-16(22)19(12)10-8-15(21)18-14-7-9-17-20(14)13-5-3-2-4-6-13/h7,9,11,13H,2-6,8,10H2,1H3,(H,18,21). The van der Waals surface area contributed by atoms with Crippen LogP contribution in [0.2, 0.25) is 0 Å². The topological polar surface area (TPSA) is 68.9 Å². The Morgan fingerprint density at radius 1 is 1.39 bits per heavy atom. The van der Waals surface area contributed by atoms with Gasteiger partial charge >= 0.3 is 4.87 Å². The zero-order valence-electron chi connectivity index (χ0n) is 13.3. The van der Waals surface area contributed by atoms with E-state index in [9.17, 15) is 9.59 Å². The van der Waals surface area contributed by atoms with E-state index in [1.807, 2.05) is 23.1 Å². The Morgan fingerprint density at radius 2 is 2.17 bits per heavy atom. The van der Waals surface area contributed by atoms with Crippen LogP contribution in [0.25, 0.3) is 0 Å². The smallest absolute Gasteiger partial charge is 0.307 e. The maximum atomic E-state index is 12.2. The van der Waals surface area contributed by atoms with Gasteiger partial charge in [-0.2, -0.15) is 5.10 Å². The minimum Gasteiger partial charge on any atom is -0.311 e. The molecule has 0 bridgehead atoms. The molecule has 124 valence electrons. The molecule has 1 aliphatic carbocycles. The molecule has 2 aromatic rings. The van der Waals surface area contributed by atoms with Crippen molar-refractivity contribution in [3.8, 4) is 0 Å². The number of hydrogen-bond acceptors (Lipinski definition) is 4. The molecule has 1 saturated carbocycles. The number of carbonyl (C=O) groups is 1. The molecule has 1 fully saturated rings. The summed E-state index contributed by atoms with van der Waals surface area (Å²) in [5.74, 6) is 0.677. The van der Waals surface area contributed by atoms with Crippen molar-refractivity contribution in [2.75, 3.05) is 5.32 Å². The number of nitrogens with zero attached hydrogens (tertiary/aromatic N) is 3. The van der Waals surface area contributed by atoms with Gasteiger partial charge in [-0.15, -0.1) is 0 Å². The molecule has 7 heteroatoms. The number of anilines is 1. The van der Waals surface area contributed by atoms with Gasteiger partial charge in [0.05, 0.1) is 12.2 Å². The van der Waals surface area contributed by atoms with Gasteiger partial charge in [0.2, 0.25) is 5.91 Å². The third-order valence-electron chi connectivity index (χ3n) is 4.40. The minimum absolute atomic E-state index is 0.0115. The lowest BCUT2D eigenvalue weighted by Crippen LogP contribution is -2.23. The van der Waals surface area contributed by atoms with E-state index in [0.717, 1.165) is 24.4 Å². The minimum atomic E-state index is -0.0833. The monoisotopic (exact) mass is 334 g/mol. The number of rotatable bonds is 5. The molecule has 3 rings (SSSR count). The molecule has 1 aliphatic rings. The van der Waals surface area contributed by atoms with E-state index in [1.54, 1.807) is 10.8 Å². The van der Waals surface area contributed by atoms with E-state index in [2.05, 4.69) is 10.4 Å². The zero-order valence-corrected chi connectivity index (χ0v) is 14.1. The van der Waals surface area contributed by atoms with Crippen molar-refractivity contribution in [2.45, 2.75) is 58.0 Å². The Kier molecular flexibility index (Phi) is 4.95. The SMILES string of the molecule is Cc1csc(=O)n1CCC(=O)Nc1ccnn1C1CCCCC1. The highest BCUT2D eigenvalue weighted by Crippen LogP contribution is 2.29.